The van der Waals surface area contributed by atoms with Crippen molar-refractivity contribution in [2.45, 2.75) is 17.7 Å². The highest BCUT2D eigenvalue weighted by atomic mass is 16.5. The second-order valence-electron chi connectivity index (χ2n) is 7.08. The van der Waals surface area contributed by atoms with Crippen LogP contribution in [0.2, 0.25) is 0 Å². The van der Waals surface area contributed by atoms with E-state index in [2.05, 4.69) is 36.2 Å². The third-order valence-corrected chi connectivity index (χ3v) is 5.57. The Bertz CT molecular complexity index is 999. The summed E-state index contributed by atoms with van der Waals surface area (Å²) in [6, 6.07) is 25.2. The molecular weight excluding hydrogens is 362 g/mol. The van der Waals surface area contributed by atoms with Crippen molar-refractivity contribution in [1.82, 2.24) is 5.32 Å². The number of hydrogen-bond donors (Lipinski definition) is 2. The Morgan fingerprint density at radius 2 is 1.48 bits per heavy atom. The van der Waals surface area contributed by atoms with E-state index in [9.17, 15) is 9.90 Å². The molecule has 1 aliphatic carbocycles. The molecule has 0 fully saturated rings. The Labute approximate surface area is 170 Å². The van der Waals surface area contributed by atoms with Crippen LogP contribution in [-0.2, 0) is 15.1 Å². The molecule has 0 unspecified atom stereocenters. The van der Waals surface area contributed by atoms with Gasteiger partial charge in [-0.25, -0.2) is 0 Å². The number of hydrogen-bond acceptors (Lipinski definition) is 4. The smallest absolute Gasteiger partial charge is 0.325 e. The molecule has 146 valence electrons. The fraction of sp³-hybridized carbons (Fsp3) is 0.160. The van der Waals surface area contributed by atoms with Gasteiger partial charge in [-0.05, 0) is 27.8 Å². The van der Waals surface area contributed by atoms with Gasteiger partial charge in [-0.2, -0.15) is 0 Å². The van der Waals surface area contributed by atoms with Crippen molar-refractivity contribution in [1.29, 1.82) is 0 Å². The molecule has 0 saturated carbocycles. The van der Waals surface area contributed by atoms with Crippen molar-refractivity contribution in [2.24, 2.45) is 0 Å². The second-order valence-corrected chi connectivity index (χ2v) is 7.08. The molecule has 4 nitrogen and oxygen atoms in total. The second kappa shape index (κ2) is 7.66. The molecule has 2 N–H and O–H groups in total. The van der Waals surface area contributed by atoms with Gasteiger partial charge in [0.15, 0.2) is 0 Å². The van der Waals surface area contributed by atoms with E-state index >= 15 is 0 Å². The molecule has 3 aromatic carbocycles. The molecular formula is C25H23NO3. The van der Waals surface area contributed by atoms with Gasteiger partial charge >= 0.3 is 5.97 Å². The Balaban J connectivity index is 2.01. The highest BCUT2D eigenvalue weighted by Crippen LogP contribution is 2.51. The lowest BCUT2D eigenvalue weighted by Gasteiger charge is -2.37. The lowest BCUT2D eigenvalue weighted by molar-refractivity contribution is -0.145. The average molecular weight is 385 g/mol. The number of ether oxygens (including phenoxy) is 1. The van der Waals surface area contributed by atoms with Gasteiger partial charge in [0.1, 0.15) is 6.04 Å². The van der Waals surface area contributed by atoms with Crippen LogP contribution >= 0.6 is 0 Å². The number of rotatable bonds is 6. The number of nitrogens with one attached hydrogen (secondary N) is 1. The number of benzene rings is 3. The lowest BCUT2D eigenvalue weighted by atomic mass is 9.79. The van der Waals surface area contributed by atoms with Crippen LogP contribution in [-0.4, -0.2) is 30.3 Å². The molecule has 0 aliphatic heterocycles. The number of fused-ring (bicyclic) bond motifs is 3. The molecule has 1 aliphatic rings. The number of carbonyl (C=O) groups excluding carboxylic acids is 1. The Morgan fingerprint density at radius 1 is 0.966 bits per heavy atom. The summed E-state index contributed by atoms with van der Waals surface area (Å²) in [5, 5.41) is 14.0. The summed E-state index contributed by atoms with van der Waals surface area (Å²) >= 11 is 0. The first-order chi connectivity index (χ1) is 14.1. The third-order valence-electron chi connectivity index (χ3n) is 5.57. The standard InChI is InChI=1S/C25H23NO3/c1-3-22(27)23(24(28)29-2)26-25(17-11-5-4-6-12-17)20-15-9-7-13-18(20)19-14-8-10-16-21(19)25/h3-16,22-23,26-27H,1H2,2H3/t22-,23-/m0/s1. The topological polar surface area (TPSA) is 58.6 Å². The molecule has 0 bridgehead atoms. The van der Waals surface area contributed by atoms with Crippen molar-refractivity contribution >= 4 is 5.97 Å². The predicted molar refractivity (Wildman–Crippen MR) is 113 cm³/mol. The maximum absolute atomic E-state index is 12.6. The van der Waals surface area contributed by atoms with E-state index in [1.54, 1.807) is 0 Å². The first-order valence-electron chi connectivity index (χ1n) is 9.54. The van der Waals surface area contributed by atoms with E-state index in [-0.39, 0.29) is 0 Å². The molecule has 0 amide bonds. The summed E-state index contributed by atoms with van der Waals surface area (Å²) in [6.07, 6.45) is 0.239. The average Bonchev–Trinajstić information content (AvgIpc) is 3.08. The normalized spacial score (nSPS) is 15.7. The molecule has 4 heteroatoms. The Morgan fingerprint density at radius 3 is 2.00 bits per heavy atom. The van der Waals surface area contributed by atoms with Crippen LogP contribution in [0.15, 0.2) is 91.5 Å². The zero-order chi connectivity index (χ0) is 20.4. The minimum absolute atomic E-state index is 0.547. The van der Waals surface area contributed by atoms with E-state index in [1.807, 2.05) is 54.6 Å². The van der Waals surface area contributed by atoms with Crippen LogP contribution < -0.4 is 5.32 Å². The number of esters is 1. The lowest BCUT2D eigenvalue weighted by Crippen LogP contribution is -2.56. The molecule has 0 radical (unpaired) electrons. The van der Waals surface area contributed by atoms with Gasteiger partial charge in [0.2, 0.25) is 0 Å². The highest BCUT2D eigenvalue weighted by Gasteiger charge is 2.47. The fourth-order valence-corrected chi connectivity index (χ4v) is 4.25. The first-order valence-corrected chi connectivity index (χ1v) is 9.54. The third kappa shape index (κ3) is 2.97. The summed E-state index contributed by atoms with van der Waals surface area (Å²) in [5.41, 5.74) is 4.39. The van der Waals surface area contributed by atoms with Gasteiger partial charge in [0, 0.05) is 0 Å². The zero-order valence-corrected chi connectivity index (χ0v) is 16.2. The minimum Gasteiger partial charge on any atom is -0.468 e. The van der Waals surface area contributed by atoms with Crippen molar-refractivity contribution in [2.75, 3.05) is 7.11 Å². The fourth-order valence-electron chi connectivity index (χ4n) is 4.25. The van der Waals surface area contributed by atoms with Gasteiger partial charge in [0.25, 0.3) is 0 Å². The van der Waals surface area contributed by atoms with Crippen LogP contribution in [0.1, 0.15) is 16.7 Å². The molecule has 3 aromatic rings. The summed E-state index contributed by atoms with van der Waals surface area (Å²) in [4.78, 5) is 12.6. The molecule has 2 atom stereocenters. The summed E-state index contributed by atoms with van der Waals surface area (Å²) in [5.74, 6) is -0.547. The van der Waals surface area contributed by atoms with Crippen LogP contribution in [0.25, 0.3) is 11.1 Å². The summed E-state index contributed by atoms with van der Waals surface area (Å²) in [7, 11) is 1.32. The quantitative estimate of drug-likeness (QED) is 0.502. The van der Waals surface area contributed by atoms with E-state index < -0.39 is 23.7 Å². The maximum Gasteiger partial charge on any atom is 0.325 e. The van der Waals surface area contributed by atoms with Gasteiger partial charge in [-0.15, -0.1) is 6.58 Å². The van der Waals surface area contributed by atoms with Gasteiger partial charge < -0.3 is 9.84 Å². The largest absolute Gasteiger partial charge is 0.468 e. The number of aliphatic hydroxyl groups excluding tert-OH is 1. The molecule has 4 rings (SSSR count). The summed E-state index contributed by atoms with van der Waals surface area (Å²) in [6.45, 7) is 3.66. The monoisotopic (exact) mass is 385 g/mol. The number of aliphatic hydroxyl groups is 1. The predicted octanol–water partition coefficient (Wildman–Crippen LogP) is 3.64. The molecule has 29 heavy (non-hydrogen) atoms. The van der Waals surface area contributed by atoms with Gasteiger partial charge in [-0.1, -0.05) is 84.9 Å². The minimum atomic E-state index is -1.11. The molecule has 0 spiro atoms. The van der Waals surface area contributed by atoms with Gasteiger partial charge in [0.05, 0.1) is 18.8 Å². The van der Waals surface area contributed by atoms with E-state index in [4.69, 9.17) is 4.74 Å². The van der Waals surface area contributed by atoms with Crippen LogP contribution in [0, 0.1) is 0 Å². The summed E-state index contributed by atoms with van der Waals surface area (Å²) < 4.78 is 4.99. The molecule has 0 heterocycles. The highest BCUT2D eigenvalue weighted by molar-refractivity contribution is 5.84. The first kappa shape index (κ1) is 19.1. The van der Waals surface area contributed by atoms with E-state index in [0.29, 0.717) is 0 Å². The Hall–Kier alpha value is -3.21. The van der Waals surface area contributed by atoms with Crippen molar-refractivity contribution < 1.29 is 14.6 Å². The van der Waals surface area contributed by atoms with Gasteiger partial charge in [-0.3, -0.25) is 10.1 Å². The number of methoxy groups -OCH3 is 1. The van der Waals surface area contributed by atoms with Crippen LogP contribution in [0.4, 0.5) is 0 Å². The van der Waals surface area contributed by atoms with Crippen molar-refractivity contribution in [3.05, 3.63) is 108 Å². The molecule has 0 saturated heterocycles. The van der Waals surface area contributed by atoms with E-state index in [1.165, 1.54) is 13.2 Å². The maximum atomic E-state index is 12.6. The van der Waals surface area contributed by atoms with Crippen LogP contribution in [0.3, 0.4) is 0 Å². The molecule has 0 aromatic heterocycles. The van der Waals surface area contributed by atoms with Crippen molar-refractivity contribution in [3.63, 3.8) is 0 Å². The Kier molecular flexibility index (Phi) is 5.05. The van der Waals surface area contributed by atoms with Crippen LogP contribution in [0.5, 0.6) is 0 Å². The van der Waals surface area contributed by atoms with E-state index in [0.717, 1.165) is 27.8 Å². The zero-order valence-electron chi connectivity index (χ0n) is 16.2. The van der Waals surface area contributed by atoms with Crippen molar-refractivity contribution in [3.8, 4) is 11.1 Å². The SMILES string of the molecule is C=C[C@H](O)[C@H](NC1(c2ccccc2)c2ccccc2-c2ccccc21)C(=O)OC. The number of carbonyl (C=O) groups is 1.